The van der Waals surface area contributed by atoms with Gasteiger partial charge in [0.15, 0.2) is 5.82 Å². The molecule has 1 aliphatic carbocycles. The first-order valence-corrected chi connectivity index (χ1v) is 11.5. The number of halogens is 4. The first-order chi connectivity index (χ1) is 17.6. The van der Waals surface area contributed by atoms with E-state index in [1.165, 1.54) is 24.3 Å². The van der Waals surface area contributed by atoms with Gasteiger partial charge in [0.1, 0.15) is 23.6 Å². The van der Waals surface area contributed by atoms with Crippen LogP contribution in [0.5, 0.6) is 5.88 Å². The largest absolute Gasteiger partial charge is 0.480 e. The molecule has 2 fully saturated rings. The van der Waals surface area contributed by atoms with Crippen molar-refractivity contribution in [2.75, 3.05) is 25.9 Å². The van der Waals surface area contributed by atoms with Crippen LogP contribution in [0.4, 0.5) is 23.4 Å². The Hall–Kier alpha value is -3.97. The summed E-state index contributed by atoms with van der Waals surface area (Å²) in [6, 6.07) is 1.16. The molecule has 2 aliphatic rings. The second-order valence-electron chi connectivity index (χ2n) is 9.17. The second kappa shape index (κ2) is 9.16. The lowest BCUT2D eigenvalue weighted by Crippen LogP contribution is -2.42. The molecule has 3 aromatic heterocycles. The Bertz CT molecular complexity index is 1370. The van der Waals surface area contributed by atoms with Crippen LogP contribution in [0.3, 0.4) is 0 Å². The van der Waals surface area contributed by atoms with Crippen molar-refractivity contribution in [2.24, 2.45) is 5.92 Å². The zero-order valence-electron chi connectivity index (χ0n) is 19.6. The zero-order valence-corrected chi connectivity index (χ0v) is 19.6. The number of likely N-dealkylation sites (tertiary alicyclic amines) is 1. The van der Waals surface area contributed by atoms with E-state index in [0.717, 1.165) is 29.8 Å². The number of nitrogens with one attached hydrogen (secondary N) is 1. The lowest BCUT2D eigenvalue weighted by Gasteiger charge is -2.17. The van der Waals surface area contributed by atoms with Crippen molar-refractivity contribution in [2.45, 2.75) is 37.7 Å². The molecule has 2 amide bonds. The van der Waals surface area contributed by atoms with Crippen molar-refractivity contribution in [1.82, 2.24) is 29.8 Å². The van der Waals surface area contributed by atoms with Gasteiger partial charge in [0.25, 0.3) is 5.91 Å². The average Bonchev–Trinajstić information content (AvgIpc) is 3.45. The molecule has 3 aromatic rings. The molecule has 37 heavy (non-hydrogen) atoms. The fourth-order valence-corrected chi connectivity index (χ4v) is 4.46. The standard InChI is InChI=1S/C23H23F4N7O3/c1-37-22-13(21(36)32-16-9-33(8-15(16)24)18(35)4-11-2-3-11)5-12(7-29-22)17-6-14(23(25,26)27)19-20(28)30-10-31-34(17)19/h5-7,10-11,15-16H,2-4,8-9H2,1H3,(H,32,36)(H2,28,30,31)/t15-,16+/m0/s1. The van der Waals surface area contributed by atoms with Crippen molar-refractivity contribution >= 4 is 23.1 Å². The molecule has 14 heteroatoms. The van der Waals surface area contributed by atoms with Gasteiger partial charge in [0.2, 0.25) is 11.8 Å². The van der Waals surface area contributed by atoms with Crippen LogP contribution < -0.4 is 15.8 Å². The van der Waals surface area contributed by atoms with E-state index in [9.17, 15) is 27.2 Å². The van der Waals surface area contributed by atoms with E-state index in [4.69, 9.17) is 10.5 Å². The van der Waals surface area contributed by atoms with Crippen LogP contribution in [0.1, 0.15) is 35.2 Å². The molecule has 5 rings (SSSR count). The smallest absolute Gasteiger partial charge is 0.418 e. The highest BCUT2D eigenvalue weighted by molar-refractivity contribution is 5.98. The van der Waals surface area contributed by atoms with Crippen molar-refractivity contribution < 1.29 is 31.9 Å². The maximum Gasteiger partial charge on any atom is 0.418 e. The summed E-state index contributed by atoms with van der Waals surface area (Å²) in [5, 5.41) is 6.46. The van der Waals surface area contributed by atoms with Gasteiger partial charge in [-0.3, -0.25) is 9.59 Å². The van der Waals surface area contributed by atoms with Gasteiger partial charge in [-0.2, -0.15) is 18.3 Å². The number of methoxy groups -OCH3 is 1. The molecule has 2 atom stereocenters. The second-order valence-corrected chi connectivity index (χ2v) is 9.17. The third kappa shape index (κ3) is 4.74. The minimum atomic E-state index is -4.75. The van der Waals surface area contributed by atoms with E-state index >= 15 is 0 Å². The lowest BCUT2D eigenvalue weighted by atomic mass is 10.1. The molecular formula is C23H23F4N7O3. The number of carbonyl (C=O) groups is 2. The van der Waals surface area contributed by atoms with Crippen LogP contribution in [0, 0.1) is 5.92 Å². The Labute approximate surface area is 207 Å². The molecular weight excluding hydrogens is 498 g/mol. The number of ether oxygens (including phenoxy) is 1. The number of hydrogen-bond donors (Lipinski definition) is 2. The monoisotopic (exact) mass is 521 g/mol. The summed E-state index contributed by atoms with van der Waals surface area (Å²) in [5.41, 5.74) is 4.16. The van der Waals surface area contributed by atoms with Crippen molar-refractivity contribution in [1.29, 1.82) is 0 Å². The number of fused-ring (bicyclic) bond motifs is 1. The minimum Gasteiger partial charge on any atom is -0.480 e. The Kier molecular flexibility index (Phi) is 6.12. The van der Waals surface area contributed by atoms with Gasteiger partial charge in [-0.1, -0.05) is 0 Å². The van der Waals surface area contributed by atoms with Gasteiger partial charge in [0.05, 0.1) is 31.0 Å². The summed E-state index contributed by atoms with van der Waals surface area (Å²) in [6.45, 7) is -0.105. The van der Waals surface area contributed by atoms with E-state index in [0.29, 0.717) is 12.3 Å². The van der Waals surface area contributed by atoms with Crippen LogP contribution in [0.2, 0.25) is 0 Å². The van der Waals surface area contributed by atoms with Crippen LogP contribution in [0.15, 0.2) is 24.7 Å². The molecule has 10 nitrogen and oxygen atoms in total. The Morgan fingerprint density at radius 3 is 2.65 bits per heavy atom. The van der Waals surface area contributed by atoms with E-state index in [-0.39, 0.29) is 47.5 Å². The normalized spacial score (nSPS) is 19.9. The molecule has 196 valence electrons. The number of rotatable bonds is 6. The van der Waals surface area contributed by atoms with E-state index < -0.39 is 35.4 Å². The SMILES string of the molecule is COc1ncc(-c2cc(C(F)(F)F)c3c(N)ncnn23)cc1C(=O)N[C@@H]1CN(C(=O)CC2CC2)C[C@@H]1F. The van der Waals surface area contributed by atoms with E-state index in [1.54, 1.807) is 0 Å². The summed E-state index contributed by atoms with van der Waals surface area (Å²) in [4.78, 5) is 34.6. The van der Waals surface area contributed by atoms with Gasteiger partial charge < -0.3 is 20.7 Å². The number of amides is 2. The number of carbonyl (C=O) groups excluding carboxylic acids is 2. The average molecular weight is 521 g/mol. The number of aromatic nitrogens is 4. The molecule has 1 aliphatic heterocycles. The Morgan fingerprint density at radius 1 is 1.22 bits per heavy atom. The highest BCUT2D eigenvalue weighted by Gasteiger charge is 2.39. The minimum absolute atomic E-state index is 0.0162. The third-order valence-corrected chi connectivity index (χ3v) is 6.55. The van der Waals surface area contributed by atoms with Crippen LogP contribution >= 0.6 is 0 Å². The molecule has 0 aromatic carbocycles. The summed E-state index contributed by atoms with van der Waals surface area (Å²) in [7, 11) is 1.27. The highest BCUT2D eigenvalue weighted by atomic mass is 19.4. The van der Waals surface area contributed by atoms with Gasteiger partial charge in [-0.05, 0) is 30.9 Å². The van der Waals surface area contributed by atoms with Gasteiger partial charge >= 0.3 is 6.18 Å². The van der Waals surface area contributed by atoms with Crippen LogP contribution in [0.25, 0.3) is 16.8 Å². The zero-order chi connectivity index (χ0) is 26.5. The van der Waals surface area contributed by atoms with Gasteiger partial charge in [-0.15, -0.1) is 0 Å². The van der Waals surface area contributed by atoms with Crippen molar-refractivity contribution in [3.8, 4) is 17.1 Å². The number of hydrogen-bond acceptors (Lipinski definition) is 7. The molecule has 0 unspecified atom stereocenters. The first kappa shape index (κ1) is 24.7. The van der Waals surface area contributed by atoms with Gasteiger partial charge in [-0.25, -0.2) is 18.9 Å². The molecule has 1 saturated heterocycles. The summed E-state index contributed by atoms with van der Waals surface area (Å²) in [6.07, 6.45) is -1.64. The summed E-state index contributed by atoms with van der Waals surface area (Å²) < 4.78 is 61.9. The van der Waals surface area contributed by atoms with Crippen LogP contribution in [-0.2, 0) is 11.0 Å². The van der Waals surface area contributed by atoms with E-state index in [1.807, 2.05) is 0 Å². The molecule has 3 N–H and O–H groups in total. The number of nitrogen functional groups attached to an aromatic ring is 1. The summed E-state index contributed by atoms with van der Waals surface area (Å²) >= 11 is 0. The van der Waals surface area contributed by atoms with Crippen molar-refractivity contribution in [3.05, 3.63) is 35.8 Å². The number of alkyl halides is 4. The molecule has 4 heterocycles. The fourth-order valence-electron chi connectivity index (χ4n) is 4.46. The van der Waals surface area contributed by atoms with E-state index in [2.05, 4.69) is 20.4 Å². The maximum atomic E-state index is 14.7. The number of nitrogens with two attached hydrogens (primary N) is 1. The number of pyridine rings is 1. The topological polar surface area (TPSA) is 128 Å². The lowest BCUT2D eigenvalue weighted by molar-refractivity contribution is -0.136. The predicted molar refractivity (Wildman–Crippen MR) is 122 cm³/mol. The van der Waals surface area contributed by atoms with Gasteiger partial charge in [0, 0.05) is 24.7 Å². The van der Waals surface area contributed by atoms with Crippen molar-refractivity contribution in [3.63, 3.8) is 0 Å². The Morgan fingerprint density at radius 2 is 1.97 bits per heavy atom. The third-order valence-electron chi connectivity index (χ3n) is 6.55. The number of anilines is 1. The Balaban J connectivity index is 1.44. The first-order valence-electron chi connectivity index (χ1n) is 11.5. The highest BCUT2D eigenvalue weighted by Crippen LogP contribution is 2.39. The molecule has 0 bridgehead atoms. The number of nitrogens with zero attached hydrogens (tertiary/aromatic N) is 5. The van der Waals surface area contributed by atoms with Crippen LogP contribution in [-0.4, -0.2) is 68.7 Å². The fraction of sp³-hybridized carbons (Fsp3) is 0.435. The maximum absolute atomic E-state index is 14.7. The molecule has 0 spiro atoms. The summed E-state index contributed by atoms with van der Waals surface area (Å²) in [5.74, 6) is -1.03. The quantitative estimate of drug-likeness (QED) is 0.477. The molecule has 1 saturated carbocycles. The predicted octanol–water partition coefficient (Wildman–Crippen LogP) is 2.48. The molecule has 0 radical (unpaired) electrons.